The van der Waals surface area contributed by atoms with E-state index in [1.54, 1.807) is 14.2 Å². The monoisotopic (exact) mass is 461 g/mol. The molecule has 0 atom stereocenters. The number of carboxylic acid groups (broad SMARTS) is 1. The van der Waals surface area contributed by atoms with Crippen molar-refractivity contribution < 1.29 is 24.1 Å². The number of aromatic nitrogens is 3. The van der Waals surface area contributed by atoms with Crippen LogP contribution in [0.5, 0.6) is 17.4 Å². The quantitative estimate of drug-likeness (QED) is 0.337. The highest BCUT2D eigenvalue weighted by atomic mass is 32.1. The molecule has 0 radical (unpaired) electrons. The van der Waals surface area contributed by atoms with Crippen LogP contribution in [0.15, 0.2) is 60.7 Å². The van der Waals surface area contributed by atoms with E-state index in [-0.39, 0.29) is 5.88 Å². The summed E-state index contributed by atoms with van der Waals surface area (Å²) >= 11 is 1.16. The Bertz CT molecular complexity index is 1470. The maximum absolute atomic E-state index is 11.7. The molecule has 5 aromatic rings. The maximum atomic E-state index is 11.7. The molecule has 0 aliphatic heterocycles. The zero-order chi connectivity index (χ0) is 22.9. The van der Waals surface area contributed by atoms with E-state index in [0.29, 0.717) is 23.6 Å². The molecule has 166 valence electrons. The molecule has 0 saturated heterocycles. The highest BCUT2D eigenvalue weighted by Gasteiger charge is 2.23. The first-order chi connectivity index (χ1) is 16.1. The summed E-state index contributed by atoms with van der Waals surface area (Å²) < 4.78 is 26.5. The minimum Gasteiger partial charge on any atom is -0.497 e. The van der Waals surface area contributed by atoms with E-state index in [0.717, 1.165) is 44.8 Å². The lowest BCUT2D eigenvalue weighted by molar-refractivity contribution is 0.141. The summed E-state index contributed by atoms with van der Waals surface area (Å²) in [5, 5.41) is 10.4. The molecule has 0 spiro atoms. The first-order valence-corrected chi connectivity index (χ1v) is 10.8. The van der Waals surface area contributed by atoms with Crippen LogP contribution in [0.4, 0.5) is 4.79 Å². The van der Waals surface area contributed by atoms with Gasteiger partial charge in [-0.15, -0.1) is 0 Å². The van der Waals surface area contributed by atoms with Crippen LogP contribution in [-0.4, -0.2) is 38.8 Å². The molecule has 9 heteroatoms. The first kappa shape index (κ1) is 20.8. The average molecular weight is 461 g/mol. The Labute approximate surface area is 192 Å². The molecule has 2 heterocycles. The van der Waals surface area contributed by atoms with Crippen LogP contribution in [0.3, 0.4) is 0 Å². The molecular formula is C24H19N3O5S. The Kier molecular flexibility index (Phi) is 5.31. The Hall–Kier alpha value is -4.11. The first-order valence-electron chi connectivity index (χ1n) is 10.0. The third-order valence-corrected chi connectivity index (χ3v) is 6.00. The molecule has 1 N–H and O–H groups in total. The van der Waals surface area contributed by atoms with Gasteiger partial charge in [0.2, 0.25) is 5.88 Å². The van der Waals surface area contributed by atoms with Crippen molar-refractivity contribution in [3.8, 4) is 28.5 Å². The van der Waals surface area contributed by atoms with Gasteiger partial charge in [0.15, 0.2) is 0 Å². The molecule has 5 rings (SSSR count). The molecule has 0 amide bonds. The molecule has 0 aliphatic carbocycles. The number of hydrogen-bond acceptors (Lipinski definition) is 7. The van der Waals surface area contributed by atoms with Crippen LogP contribution < -0.4 is 14.2 Å². The summed E-state index contributed by atoms with van der Waals surface area (Å²) in [6, 6.07) is 18.8. The van der Waals surface area contributed by atoms with Gasteiger partial charge in [0.05, 0.1) is 43.6 Å². The molecule has 0 saturated carbocycles. The highest BCUT2D eigenvalue weighted by molar-refractivity contribution is 7.00. The smallest absolute Gasteiger partial charge is 0.497 e. The predicted octanol–water partition coefficient (Wildman–Crippen LogP) is 5.44. The Morgan fingerprint density at radius 3 is 2.39 bits per heavy atom. The lowest BCUT2D eigenvalue weighted by Gasteiger charge is -2.11. The van der Waals surface area contributed by atoms with Crippen molar-refractivity contribution in [3.63, 3.8) is 0 Å². The van der Waals surface area contributed by atoms with Crippen molar-refractivity contribution in [1.82, 2.24) is 13.3 Å². The number of methoxy groups -OCH3 is 2. The van der Waals surface area contributed by atoms with E-state index >= 15 is 0 Å². The van der Waals surface area contributed by atoms with Crippen LogP contribution in [0, 0.1) is 0 Å². The van der Waals surface area contributed by atoms with Gasteiger partial charge in [0.1, 0.15) is 22.5 Å². The summed E-state index contributed by atoms with van der Waals surface area (Å²) in [5.41, 5.74) is 4.82. The molecule has 8 nitrogen and oxygen atoms in total. The van der Waals surface area contributed by atoms with Gasteiger partial charge in [-0.05, 0) is 47.5 Å². The molecule has 2 aromatic heterocycles. The fraction of sp³-hybridized carbons (Fsp3) is 0.125. The third-order valence-electron chi connectivity index (χ3n) is 5.45. The van der Waals surface area contributed by atoms with Gasteiger partial charge in [-0.2, -0.15) is 8.75 Å². The Balaban J connectivity index is 1.75. The van der Waals surface area contributed by atoms with Crippen LogP contribution >= 0.6 is 11.7 Å². The minimum atomic E-state index is -1.39. The van der Waals surface area contributed by atoms with Crippen molar-refractivity contribution in [2.24, 2.45) is 0 Å². The molecule has 33 heavy (non-hydrogen) atoms. The predicted molar refractivity (Wildman–Crippen MR) is 126 cm³/mol. The van der Waals surface area contributed by atoms with Crippen LogP contribution in [0.25, 0.3) is 33.1 Å². The van der Waals surface area contributed by atoms with Gasteiger partial charge >= 0.3 is 6.16 Å². The fourth-order valence-electron chi connectivity index (χ4n) is 3.92. The van der Waals surface area contributed by atoms with Crippen molar-refractivity contribution in [2.45, 2.75) is 6.54 Å². The average Bonchev–Trinajstić information content (AvgIpc) is 3.41. The fourth-order valence-corrected chi connectivity index (χ4v) is 4.44. The number of carbonyl (C=O) groups is 1. The maximum Gasteiger partial charge on any atom is 0.512 e. The van der Waals surface area contributed by atoms with Gasteiger partial charge < -0.3 is 23.9 Å². The molecular weight excluding hydrogens is 442 g/mol. The molecule has 3 aromatic carbocycles. The lowest BCUT2D eigenvalue weighted by atomic mass is 10.0. The minimum absolute atomic E-state index is 0.229. The van der Waals surface area contributed by atoms with E-state index in [9.17, 15) is 9.90 Å². The molecule has 0 unspecified atom stereocenters. The summed E-state index contributed by atoms with van der Waals surface area (Å²) in [7, 11) is 3.19. The largest absolute Gasteiger partial charge is 0.512 e. The number of fused-ring (bicyclic) bond motifs is 2. The molecule has 0 bridgehead atoms. The highest BCUT2D eigenvalue weighted by Crippen LogP contribution is 2.42. The SMILES string of the molecule is COc1ccc(-c2c(OC(=O)O)n(Cc3ccc4nsnc4c3)c3cc(OC)ccc23)cc1. The second-order valence-electron chi connectivity index (χ2n) is 7.33. The van der Waals surface area contributed by atoms with Gasteiger partial charge in [-0.3, -0.25) is 0 Å². The van der Waals surface area contributed by atoms with E-state index in [1.807, 2.05) is 65.2 Å². The third kappa shape index (κ3) is 3.83. The molecule has 0 aliphatic rings. The number of nitrogens with zero attached hydrogens (tertiary/aromatic N) is 3. The second-order valence-corrected chi connectivity index (χ2v) is 7.86. The lowest BCUT2D eigenvalue weighted by Crippen LogP contribution is -2.10. The second kappa shape index (κ2) is 8.44. The standard InChI is InChI=1S/C24H19N3O5S/c1-30-16-6-4-15(5-7-16)22-18-9-8-17(31-2)12-21(18)27(23(22)32-24(28)29)13-14-3-10-19-20(11-14)26-33-25-19/h3-12H,13H2,1-2H3,(H,28,29). The summed E-state index contributed by atoms with van der Waals surface area (Å²) in [4.78, 5) is 11.7. The number of hydrogen-bond donors (Lipinski definition) is 1. The van der Waals surface area contributed by atoms with E-state index in [4.69, 9.17) is 14.2 Å². The van der Waals surface area contributed by atoms with E-state index < -0.39 is 6.16 Å². The van der Waals surface area contributed by atoms with Crippen LogP contribution in [-0.2, 0) is 6.54 Å². The van der Waals surface area contributed by atoms with Crippen molar-refractivity contribution in [2.75, 3.05) is 14.2 Å². The zero-order valence-electron chi connectivity index (χ0n) is 17.8. The Morgan fingerprint density at radius 2 is 1.67 bits per heavy atom. The van der Waals surface area contributed by atoms with Gasteiger partial charge in [-0.1, -0.05) is 18.2 Å². The van der Waals surface area contributed by atoms with Crippen LogP contribution in [0.1, 0.15) is 5.56 Å². The van der Waals surface area contributed by atoms with Gasteiger partial charge in [0.25, 0.3) is 0 Å². The van der Waals surface area contributed by atoms with Crippen molar-refractivity contribution >= 4 is 39.8 Å². The van der Waals surface area contributed by atoms with Crippen molar-refractivity contribution in [3.05, 3.63) is 66.2 Å². The van der Waals surface area contributed by atoms with Crippen LogP contribution in [0.2, 0.25) is 0 Å². The molecule has 0 fully saturated rings. The zero-order valence-corrected chi connectivity index (χ0v) is 18.6. The number of benzene rings is 3. The number of rotatable bonds is 6. The van der Waals surface area contributed by atoms with E-state index in [2.05, 4.69) is 8.75 Å². The number of ether oxygens (including phenoxy) is 3. The summed E-state index contributed by atoms with van der Waals surface area (Å²) in [6.07, 6.45) is -1.39. The van der Waals surface area contributed by atoms with Crippen molar-refractivity contribution in [1.29, 1.82) is 0 Å². The summed E-state index contributed by atoms with van der Waals surface area (Å²) in [6.45, 7) is 0.371. The van der Waals surface area contributed by atoms with Gasteiger partial charge in [0, 0.05) is 11.5 Å². The Morgan fingerprint density at radius 1 is 0.939 bits per heavy atom. The van der Waals surface area contributed by atoms with E-state index in [1.165, 1.54) is 0 Å². The summed E-state index contributed by atoms with van der Waals surface area (Å²) in [5.74, 6) is 1.59. The normalized spacial score (nSPS) is 11.1. The topological polar surface area (TPSA) is 95.7 Å². The van der Waals surface area contributed by atoms with Gasteiger partial charge in [-0.25, -0.2) is 4.79 Å².